The molecule has 6 nitrogen and oxygen atoms in total. The topological polar surface area (TPSA) is 67.0 Å². The Morgan fingerprint density at radius 1 is 1.07 bits per heavy atom. The van der Waals surface area contributed by atoms with E-state index in [1.807, 2.05) is 19.9 Å². The quantitative estimate of drug-likeness (QED) is 0.135. The highest BCUT2D eigenvalue weighted by molar-refractivity contribution is 7.98. The Bertz CT molecular complexity index is 1760. The zero-order valence-electron chi connectivity index (χ0n) is 26.2. The highest BCUT2D eigenvalue weighted by Crippen LogP contribution is 2.41. The van der Waals surface area contributed by atoms with Crippen LogP contribution in [0.25, 0.3) is 11.3 Å². The van der Waals surface area contributed by atoms with Gasteiger partial charge in [0.1, 0.15) is 5.82 Å². The number of halogens is 5. The van der Waals surface area contributed by atoms with Crippen molar-refractivity contribution in [2.75, 3.05) is 34.3 Å². The first-order valence-electron chi connectivity index (χ1n) is 14.8. The maximum atomic E-state index is 15.4. The van der Waals surface area contributed by atoms with Crippen molar-refractivity contribution in [2.24, 2.45) is 0 Å². The number of piperidine rings is 1. The van der Waals surface area contributed by atoms with Crippen LogP contribution >= 0.6 is 46.6 Å². The lowest BCUT2D eigenvalue weighted by atomic mass is 9.80. The van der Waals surface area contributed by atoms with Gasteiger partial charge in [0.2, 0.25) is 0 Å². The van der Waals surface area contributed by atoms with E-state index < -0.39 is 17.0 Å². The fourth-order valence-electron chi connectivity index (χ4n) is 5.86. The Morgan fingerprint density at radius 3 is 2.50 bits per heavy atom. The molecule has 2 N–H and O–H groups in total. The van der Waals surface area contributed by atoms with Gasteiger partial charge in [0.05, 0.1) is 61.8 Å². The molecule has 1 aliphatic heterocycles. The van der Waals surface area contributed by atoms with Crippen molar-refractivity contribution in [3.8, 4) is 17.0 Å². The summed E-state index contributed by atoms with van der Waals surface area (Å²) in [6, 6.07) is 12.7. The van der Waals surface area contributed by atoms with Crippen LogP contribution in [-0.4, -0.2) is 60.7 Å². The number of thioether (sulfide) groups is 1. The molecule has 0 unspecified atom stereocenters. The summed E-state index contributed by atoms with van der Waals surface area (Å²) < 4.78 is 35.8. The number of carbonyl (C=O) groups excluding carboxylic acids is 1. The Hall–Kier alpha value is -2.82. The summed E-state index contributed by atoms with van der Waals surface area (Å²) in [4.78, 5) is 21.3. The molecule has 2 heterocycles. The highest BCUT2D eigenvalue weighted by atomic mass is 35.5. The third-order valence-corrected chi connectivity index (χ3v) is 10.5. The van der Waals surface area contributed by atoms with E-state index in [9.17, 15) is 9.18 Å². The van der Waals surface area contributed by atoms with Crippen molar-refractivity contribution in [3.05, 3.63) is 97.6 Å². The van der Waals surface area contributed by atoms with Crippen molar-refractivity contribution in [3.63, 3.8) is 0 Å². The molecule has 0 bridgehead atoms. The summed E-state index contributed by atoms with van der Waals surface area (Å²) in [5, 5.41) is 4.55. The second kappa shape index (κ2) is 13.7. The van der Waals surface area contributed by atoms with Gasteiger partial charge in [0.15, 0.2) is 16.7 Å². The van der Waals surface area contributed by atoms with Crippen LogP contribution in [-0.2, 0) is 11.2 Å². The minimum atomic E-state index is -0.651. The van der Waals surface area contributed by atoms with Gasteiger partial charge in [-0.2, -0.15) is 0 Å². The zero-order valence-corrected chi connectivity index (χ0v) is 29.3. The van der Waals surface area contributed by atoms with Crippen LogP contribution in [0.15, 0.2) is 53.7 Å². The maximum absolute atomic E-state index is 15.4. The van der Waals surface area contributed by atoms with Crippen molar-refractivity contribution < 1.29 is 22.8 Å². The van der Waals surface area contributed by atoms with E-state index in [1.165, 1.54) is 37.1 Å². The van der Waals surface area contributed by atoms with E-state index >= 15 is 4.39 Å². The third kappa shape index (κ3) is 7.50. The molecule has 1 aliphatic rings. The second-order valence-electron chi connectivity index (χ2n) is 12.7. The normalized spacial score (nSPS) is 16.3. The van der Waals surface area contributed by atoms with Crippen LogP contribution in [0.3, 0.4) is 0 Å². The molecule has 1 saturated heterocycles. The number of nitrogens with zero attached hydrogens (tertiary/aromatic N) is 2. The van der Waals surface area contributed by atoms with E-state index in [-0.39, 0.29) is 39.6 Å². The van der Waals surface area contributed by atoms with E-state index in [2.05, 4.69) is 24.4 Å². The van der Waals surface area contributed by atoms with Crippen molar-refractivity contribution in [1.82, 2.24) is 15.3 Å². The average Bonchev–Trinajstić information content (AvgIpc) is 3.43. The summed E-state index contributed by atoms with van der Waals surface area (Å²) >= 11 is 20.4. The molecule has 0 saturated carbocycles. The minimum Gasteiger partial charge on any atom is -0.494 e. The van der Waals surface area contributed by atoms with E-state index in [0.29, 0.717) is 26.5 Å². The van der Waals surface area contributed by atoms with Gasteiger partial charge in [-0.1, -0.05) is 66.5 Å². The molecule has 1 aromatic heterocycles. The number of quaternary nitrogens is 1. The molecule has 12 heteroatoms. The fourth-order valence-corrected chi connectivity index (χ4v) is 7.42. The molecular formula is C34H36Cl3F2N4O2S+. The largest absolute Gasteiger partial charge is 0.494 e. The standard InChI is InChI=1S/C34H35Cl3F2N4O2S/c1-34(2,21-9-10-24(35)26(37)16-21)31-30(19-8-11-27(38)29(15-19)45-5)41-33(42-31)46-18-23-25(36)13-20(14-28(23)39)32(44)40-22-7-6-12-43(3,4)17-22/h8-11,13-16,22H,6-7,12,17-18H2,1-5H3,(H-,40,41,42,44)/p+1/t22-/m0/s1. The van der Waals surface area contributed by atoms with Crippen molar-refractivity contribution in [1.29, 1.82) is 0 Å². The van der Waals surface area contributed by atoms with Gasteiger partial charge in [-0.25, -0.2) is 13.8 Å². The van der Waals surface area contributed by atoms with Crippen LogP contribution < -0.4 is 10.1 Å². The molecule has 0 spiro atoms. The lowest BCUT2D eigenvalue weighted by Crippen LogP contribution is -2.55. The van der Waals surface area contributed by atoms with E-state index in [1.54, 1.807) is 24.3 Å². The van der Waals surface area contributed by atoms with Gasteiger partial charge in [0.25, 0.3) is 5.91 Å². The first kappa shape index (κ1) is 34.5. The number of hydrogen-bond donors (Lipinski definition) is 2. The lowest BCUT2D eigenvalue weighted by molar-refractivity contribution is -0.896. The second-order valence-corrected chi connectivity index (χ2v) is 14.9. The van der Waals surface area contributed by atoms with Crippen LogP contribution in [0.1, 0.15) is 53.9 Å². The number of carbonyl (C=O) groups is 1. The number of methoxy groups -OCH3 is 1. The molecule has 3 aromatic carbocycles. The summed E-state index contributed by atoms with van der Waals surface area (Å²) in [5.74, 6) is -1.18. The number of benzene rings is 3. The number of aromatic nitrogens is 2. The Balaban J connectivity index is 1.42. The molecule has 4 aromatic rings. The first-order valence-corrected chi connectivity index (χ1v) is 16.9. The van der Waals surface area contributed by atoms with Crippen molar-refractivity contribution in [2.45, 2.75) is 49.1 Å². The highest BCUT2D eigenvalue weighted by Gasteiger charge is 2.32. The Morgan fingerprint density at radius 2 is 1.83 bits per heavy atom. The van der Waals surface area contributed by atoms with Gasteiger partial charge in [-0.05, 0) is 60.9 Å². The molecular weight excluding hydrogens is 673 g/mol. The van der Waals surface area contributed by atoms with E-state index in [0.717, 1.165) is 41.7 Å². The summed E-state index contributed by atoms with van der Waals surface area (Å²) in [5.41, 5.74) is 2.58. The molecule has 0 aliphatic carbocycles. The Kier molecular flexibility index (Phi) is 10.3. The van der Waals surface area contributed by atoms with Crippen LogP contribution in [0, 0.1) is 11.6 Å². The van der Waals surface area contributed by atoms with Crippen LogP contribution in [0.2, 0.25) is 15.1 Å². The number of imidazole rings is 1. The van der Waals surface area contributed by atoms with Gasteiger partial charge in [-0.15, -0.1) is 0 Å². The van der Waals surface area contributed by atoms with Gasteiger partial charge in [-0.3, -0.25) is 4.79 Å². The number of rotatable bonds is 9. The number of likely N-dealkylation sites (tertiary alicyclic amines) is 1. The predicted octanol–water partition coefficient (Wildman–Crippen LogP) is 8.91. The molecule has 1 amide bonds. The molecule has 46 heavy (non-hydrogen) atoms. The number of nitrogens with one attached hydrogen (secondary N) is 2. The monoisotopic (exact) mass is 707 g/mol. The zero-order chi connectivity index (χ0) is 33.4. The van der Waals surface area contributed by atoms with Crippen LogP contribution in [0.5, 0.6) is 5.75 Å². The minimum absolute atomic E-state index is 0.0184. The predicted molar refractivity (Wildman–Crippen MR) is 182 cm³/mol. The van der Waals surface area contributed by atoms with Crippen molar-refractivity contribution >= 4 is 52.5 Å². The first-order chi connectivity index (χ1) is 21.7. The summed E-state index contributed by atoms with van der Waals surface area (Å²) in [6.07, 6.45) is 1.90. The number of ether oxygens (including phenoxy) is 1. The summed E-state index contributed by atoms with van der Waals surface area (Å²) in [7, 11) is 5.67. The number of H-pyrrole nitrogens is 1. The smallest absolute Gasteiger partial charge is 0.251 e. The molecule has 5 rings (SSSR count). The molecule has 1 fully saturated rings. The number of likely N-dealkylation sites (N-methyl/N-ethyl adjacent to an activating group) is 1. The molecule has 0 radical (unpaired) electrons. The van der Waals surface area contributed by atoms with Gasteiger partial charge in [0, 0.05) is 32.9 Å². The fraction of sp³-hybridized carbons (Fsp3) is 0.353. The SMILES string of the molecule is COc1cc(-c2nc(SCc3c(F)cc(C(=O)N[C@H]4CCC[N+](C)(C)C4)cc3Cl)[nH]c2C(C)(C)c2ccc(Cl)c(Cl)c2)ccc1F. The number of amides is 1. The van der Waals surface area contributed by atoms with Gasteiger partial charge >= 0.3 is 0 Å². The van der Waals surface area contributed by atoms with E-state index in [4.69, 9.17) is 44.5 Å². The van der Waals surface area contributed by atoms with Gasteiger partial charge < -0.3 is 19.5 Å². The molecule has 1 atom stereocenters. The lowest BCUT2D eigenvalue weighted by Gasteiger charge is -2.38. The average molecular weight is 709 g/mol. The number of hydrogen-bond acceptors (Lipinski definition) is 4. The molecule has 244 valence electrons. The third-order valence-electron chi connectivity index (χ3n) is 8.50. The number of aromatic amines is 1. The maximum Gasteiger partial charge on any atom is 0.251 e. The Labute approximate surface area is 287 Å². The van der Waals surface area contributed by atoms with Crippen LogP contribution in [0.4, 0.5) is 8.78 Å². The summed E-state index contributed by atoms with van der Waals surface area (Å²) in [6.45, 7) is 5.89.